The molecule has 3 aromatic rings. The van der Waals surface area contributed by atoms with Crippen molar-refractivity contribution in [3.63, 3.8) is 0 Å². The summed E-state index contributed by atoms with van der Waals surface area (Å²) >= 11 is 0. The molecule has 0 atom stereocenters. The SMILES string of the molecule is FC(F)(F)c1ccc(Nc2nc(N3CCOCC3)nc(N3CCN(c4ncccc4C(F)(F)F)CC3)n2)cc1. The summed E-state index contributed by atoms with van der Waals surface area (Å²) in [5.74, 6) is 0.675. The van der Waals surface area contributed by atoms with Gasteiger partial charge in [-0.3, -0.25) is 0 Å². The molecule has 0 aliphatic carbocycles. The molecule has 0 bridgehead atoms. The van der Waals surface area contributed by atoms with Crippen LogP contribution in [0.2, 0.25) is 0 Å². The summed E-state index contributed by atoms with van der Waals surface area (Å²) in [4.78, 5) is 22.8. The van der Waals surface area contributed by atoms with Crippen LogP contribution in [0.15, 0.2) is 42.6 Å². The monoisotopic (exact) mass is 554 g/mol. The van der Waals surface area contributed by atoms with Gasteiger partial charge in [-0.25, -0.2) is 4.98 Å². The van der Waals surface area contributed by atoms with Crippen LogP contribution in [-0.4, -0.2) is 72.4 Å². The van der Waals surface area contributed by atoms with Gasteiger partial charge in [-0.2, -0.15) is 41.3 Å². The fraction of sp³-hybridized carbons (Fsp3) is 0.417. The van der Waals surface area contributed by atoms with Gasteiger partial charge in [0.15, 0.2) is 0 Å². The van der Waals surface area contributed by atoms with Crippen LogP contribution in [0.5, 0.6) is 0 Å². The van der Waals surface area contributed by atoms with E-state index >= 15 is 0 Å². The fourth-order valence-electron chi connectivity index (χ4n) is 4.32. The zero-order valence-corrected chi connectivity index (χ0v) is 20.5. The Kier molecular flexibility index (Phi) is 7.34. The van der Waals surface area contributed by atoms with E-state index in [0.717, 1.165) is 18.2 Å². The van der Waals surface area contributed by atoms with Crippen LogP contribution in [-0.2, 0) is 17.1 Å². The molecule has 0 saturated carbocycles. The van der Waals surface area contributed by atoms with E-state index in [1.165, 1.54) is 24.4 Å². The molecule has 0 unspecified atom stereocenters. The third kappa shape index (κ3) is 6.24. The Bertz CT molecular complexity index is 1270. The average molecular weight is 554 g/mol. The molecule has 2 aliphatic rings. The number of aromatic nitrogens is 4. The zero-order chi connectivity index (χ0) is 27.6. The van der Waals surface area contributed by atoms with Crippen LogP contribution in [0.1, 0.15) is 11.1 Å². The summed E-state index contributed by atoms with van der Waals surface area (Å²) in [6.07, 6.45) is -7.65. The van der Waals surface area contributed by atoms with Gasteiger partial charge in [-0.1, -0.05) is 0 Å². The van der Waals surface area contributed by atoms with Gasteiger partial charge >= 0.3 is 12.4 Å². The molecule has 0 spiro atoms. The number of anilines is 5. The summed E-state index contributed by atoms with van der Waals surface area (Å²) in [6, 6.07) is 6.74. The lowest BCUT2D eigenvalue weighted by Gasteiger charge is -2.36. The molecule has 2 aromatic heterocycles. The highest BCUT2D eigenvalue weighted by molar-refractivity contribution is 5.57. The van der Waals surface area contributed by atoms with Crippen molar-refractivity contribution in [3.8, 4) is 0 Å². The van der Waals surface area contributed by atoms with Crippen LogP contribution < -0.4 is 20.0 Å². The maximum atomic E-state index is 13.5. The third-order valence-corrected chi connectivity index (χ3v) is 6.33. The predicted octanol–water partition coefficient (Wildman–Crippen LogP) is 4.21. The number of benzene rings is 1. The largest absolute Gasteiger partial charge is 0.419 e. The van der Waals surface area contributed by atoms with E-state index in [9.17, 15) is 26.3 Å². The fourth-order valence-corrected chi connectivity index (χ4v) is 4.32. The molecular weight excluding hydrogens is 530 g/mol. The lowest BCUT2D eigenvalue weighted by molar-refractivity contribution is -0.138. The van der Waals surface area contributed by atoms with E-state index in [4.69, 9.17) is 4.74 Å². The second kappa shape index (κ2) is 10.7. The second-order valence-electron chi connectivity index (χ2n) is 8.90. The molecule has 1 aromatic carbocycles. The third-order valence-electron chi connectivity index (χ3n) is 6.33. The van der Waals surface area contributed by atoms with E-state index in [-0.39, 0.29) is 24.9 Å². The van der Waals surface area contributed by atoms with E-state index in [1.807, 2.05) is 9.80 Å². The molecule has 15 heteroatoms. The minimum absolute atomic E-state index is 0.126. The molecule has 4 heterocycles. The maximum absolute atomic E-state index is 13.5. The Labute approximate surface area is 219 Å². The van der Waals surface area contributed by atoms with Crippen molar-refractivity contribution in [3.05, 3.63) is 53.7 Å². The normalized spacial score (nSPS) is 16.9. The van der Waals surface area contributed by atoms with Crippen LogP contribution in [0.4, 0.5) is 55.7 Å². The Balaban J connectivity index is 1.37. The number of morpholine rings is 1. The Morgan fingerprint density at radius 3 is 1.87 bits per heavy atom. The van der Waals surface area contributed by atoms with Crippen molar-refractivity contribution in [2.75, 3.05) is 72.5 Å². The first-order chi connectivity index (χ1) is 18.6. The number of piperazine rings is 1. The molecule has 0 radical (unpaired) electrons. The number of ether oxygens (including phenoxy) is 1. The number of hydrogen-bond acceptors (Lipinski definition) is 9. The Morgan fingerprint density at radius 1 is 0.692 bits per heavy atom. The topological polar surface area (TPSA) is 82.5 Å². The number of alkyl halides is 6. The Morgan fingerprint density at radius 2 is 1.28 bits per heavy atom. The van der Waals surface area contributed by atoms with Crippen LogP contribution >= 0.6 is 0 Å². The molecule has 0 amide bonds. The molecule has 208 valence electrons. The van der Waals surface area contributed by atoms with Crippen LogP contribution in [0, 0.1) is 0 Å². The lowest BCUT2D eigenvalue weighted by Crippen LogP contribution is -2.48. The number of nitrogens with zero attached hydrogens (tertiary/aromatic N) is 7. The molecule has 1 N–H and O–H groups in total. The number of rotatable bonds is 5. The highest BCUT2D eigenvalue weighted by Crippen LogP contribution is 2.36. The van der Waals surface area contributed by atoms with Gasteiger partial charge in [0, 0.05) is 51.2 Å². The standard InChI is InChI=1S/C24H24F6N8O/c25-23(26,27)16-3-5-17(6-4-16)32-20-33-21(35-22(34-20)38-12-14-39-15-13-38)37-10-8-36(9-11-37)19-18(24(28,29)30)2-1-7-31-19/h1-7H,8-15H2,(H,32,33,34,35). The van der Waals surface area contributed by atoms with Gasteiger partial charge < -0.3 is 24.8 Å². The van der Waals surface area contributed by atoms with Gasteiger partial charge in [0.2, 0.25) is 17.8 Å². The van der Waals surface area contributed by atoms with E-state index in [0.29, 0.717) is 57.0 Å². The smallest absolute Gasteiger partial charge is 0.378 e. The van der Waals surface area contributed by atoms with Gasteiger partial charge in [-0.05, 0) is 36.4 Å². The highest BCUT2D eigenvalue weighted by atomic mass is 19.4. The van der Waals surface area contributed by atoms with Crippen molar-refractivity contribution in [2.24, 2.45) is 0 Å². The summed E-state index contributed by atoms with van der Waals surface area (Å²) in [7, 11) is 0. The van der Waals surface area contributed by atoms with Crippen molar-refractivity contribution in [2.45, 2.75) is 12.4 Å². The molecule has 2 aliphatic heterocycles. The predicted molar refractivity (Wildman–Crippen MR) is 131 cm³/mol. The van der Waals surface area contributed by atoms with Crippen LogP contribution in [0.3, 0.4) is 0 Å². The van der Waals surface area contributed by atoms with Gasteiger partial charge in [0.05, 0.1) is 24.3 Å². The molecular formula is C24H24F6N8O. The minimum atomic E-state index is -4.53. The first kappa shape index (κ1) is 26.7. The quantitative estimate of drug-likeness (QED) is 0.467. The minimum Gasteiger partial charge on any atom is -0.378 e. The number of nitrogens with one attached hydrogen (secondary N) is 1. The van der Waals surface area contributed by atoms with Crippen molar-refractivity contribution in [1.82, 2.24) is 19.9 Å². The first-order valence-electron chi connectivity index (χ1n) is 12.1. The van der Waals surface area contributed by atoms with Gasteiger partial charge in [-0.15, -0.1) is 0 Å². The van der Waals surface area contributed by atoms with E-state index < -0.39 is 23.5 Å². The van der Waals surface area contributed by atoms with Crippen LogP contribution in [0.25, 0.3) is 0 Å². The highest BCUT2D eigenvalue weighted by Gasteiger charge is 2.36. The summed E-state index contributed by atoms with van der Waals surface area (Å²) < 4.78 is 84.7. The maximum Gasteiger partial charge on any atom is 0.419 e. The summed E-state index contributed by atoms with van der Waals surface area (Å²) in [5, 5.41) is 2.94. The first-order valence-corrected chi connectivity index (χ1v) is 12.1. The molecule has 5 rings (SSSR count). The number of hydrogen-bond donors (Lipinski definition) is 1. The lowest BCUT2D eigenvalue weighted by atomic mass is 10.2. The van der Waals surface area contributed by atoms with Crippen molar-refractivity contribution >= 4 is 29.4 Å². The molecule has 39 heavy (non-hydrogen) atoms. The molecule has 2 fully saturated rings. The summed E-state index contributed by atoms with van der Waals surface area (Å²) in [5.41, 5.74) is -1.22. The van der Waals surface area contributed by atoms with Crippen molar-refractivity contribution < 1.29 is 31.1 Å². The molecule has 9 nitrogen and oxygen atoms in total. The second-order valence-corrected chi connectivity index (χ2v) is 8.90. The van der Waals surface area contributed by atoms with Crippen molar-refractivity contribution in [1.29, 1.82) is 0 Å². The zero-order valence-electron chi connectivity index (χ0n) is 20.5. The number of pyridine rings is 1. The van der Waals surface area contributed by atoms with E-state index in [2.05, 4.69) is 25.3 Å². The van der Waals surface area contributed by atoms with Gasteiger partial charge in [0.1, 0.15) is 5.82 Å². The van der Waals surface area contributed by atoms with E-state index in [1.54, 1.807) is 4.90 Å². The van der Waals surface area contributed by atoms with Gasteiger partial charge in [0.25, 0.3) is 0 Å². The summed E-state index contributed by atoms with van der Waals surface area (Å²) in [6.45, 7) is 3.18. The Hall–Kier alpha value is -3.88. The average Bonchev–Trinajstić information content (AvgIpc) is 2.93. The molecule has 2 saturated heterocycles. The number of halogens is 6.